The van der Waals surface area contributed by atoms with Gasteiger partial charge in [0, 0.05) is 31.9 Å². The third-order valence-electron chi connectivity index (χ3n) is 4.90. The van der Waals surface area contributed by atoms with Crippen molar-refractivity contribution in [2.45, 2.75) is 32.9 Å². The van der Waals surface area contributed by atoms with E-state index >= 15 is 0 Å². The Balaban J connectivity index is 0.00000341. The first-order chi connectivity index (χ1) is 14.6. The standard InChI is InChI=1S/C22H33N5O3.HI/c1-5-10-29-19-8-7-17(12-20(19)28-4)13-24-22(23-6-2)27-9-11-30-21(16-27)18-14-25-26(3)15-18;/h7-8,12,14-15,21H,5-6,9-11,13,16H2,1-4H3,(H,23,24);1H. The molecule has 31 heavy (non-hydrogen) atoms. The molecule has 172 valence electrons. The maximum atomic E-state index is 5.97. The summed E-state index contributed by atoms with van der Waals surface area (Å²) in [5.74, 6) is 2.40. The van der Waals surface area contributed by atoms with Crippen LogP contribution in [0.15, 0.2) is 35.6 Å². The Bertz CT molecular complexity index is 842. The summed E-state index contributed by atoms with van der Waals surface area (Å²) in [7, 11) is 3.58. The number of hydrogen-bond acceptors (Lipinski definition) is 5. The minimum absolute atomic E-state index is 0. The van der Waals surface area contributed by atoms with E-state index in [0.29, 0.717) is 19.8 Å². The molecule has 2 aromatic rings. The van der Waals surface area contributed by atoms with Gasteiger partial charge in [0.15, 0.2) is 17.5 Å². The molecule has 9 heteroatoms. The van der Waals surface area contributed by atoms with Crippen LogP contribution in [0.2, 0.25) is 0 Å². The number of halogens is 1. The Morgan fingerprint density at radius 1 is 1.32 bits per heavy atom. The van der Waals surface area contributed by atoms with E-state index in [1.807, 2.05) is 37.6 Å². The zero-order valence-corrected chi connectivity index (χ0v) is 21.2. The van der Waals surface area contributed by atoms with E-state index in [4.69, 9.17) is 19.2 Å². The van der Waals surface area contributed by atoms with E-state index < -0.39 is 0 Å². The molecule has 3 rings (SSSR count). The molecule has 1 saturated heterocycles. The second kappa shape index (κ2) is 12.7. The molecule has 1 unspecified atom stereocenters. The van der Waals surface area contributed by atoms with Crippen LogP contribution in [0.4, 0.5) is 0 Å². The number of morpholine rings is 1. The number of aromatic nitrogens is 2. The lowest BCUT2D eigenvalue weighted by Crippen LogP contribution is -2.48. The molecule has 0 spiro atoms. The van der Waals surface area contributed by atoms with Crippen molar-refractivity contribution in [3.8, 4) is 11.5 Å². The van der Waals surface area contributed by atoms with Crippen LogP contribution in [0.25, 0.3) is 0 Å². The third kappa shape index (κ3) is 6.99. The highest BCUT2D eigenvalue weighted by molar-refractivity contribution is 14.0. The van der Waals surface area contributed by atoms with Crippen molar-refractivity contribution in [3.05, 3.63) is 41.7 Å². The molecule has 1 fully saturated rings. The number of methoxy groups -OCH3 is 1. The second-order valence-corrected chi connectivity index (χ2v) is 7.26. The van der Waals surface area contributed by atoms with Gasteiger partial charge < -0.3 is 24.4 Å². The van der Waals surface area contributed by atoms with Gasteiger partial charge in [-0.3, -0.25) is 4.68 Å². The fraction of sp³-hybridized carbons (Fsp3) is 0.545. The summed E-state index contributed by atoms with van der Waals surface area (Å²) < 4.78 is 19.0. The van der Waals surface area contributed by atoms with E-state index in [9.17, 15) is 0 Å². The predicted molar refractivity (Wildman–Crippen MR) is 132 cm³/mol. The highest BCUT2D eigenvalue weighted by Crippen LogP contribution is 2.28. The first-order valence-electron chi connectivity index (χ1n) is 10.6. The van der Waals surface area contributed by atoms with Crippen LogP contribution in [-0.2, 0) is 18.3 Å². The van der Waals surface area contributed by atoms with E-state index in [2.05, 4.69) is 29.2 Å². The lowest BCUT2D eigenvalue weighted by atomic mass is 10.1. The zero-order valence-electron chi connectivity index (χ0n) is 18.8. The number of ether oxygens (including phenoxy) is 3. The van der Waals surface area contributed by atoms with Crippen molar-refractivity contribution >= 4 is 29.9 Å². The van der Waals surface area contributed by atoms with Gasteiger partial charge in [0.25, 0.3) is 0 Å². The molecular weight excluding hydrogens is 509 g/mol. The van der Waals surface area contributed by atoms with Crippen molar-refractivity contribution in [2.24, 2.45) is 12.0 Å². The number of rotatable bonds is 8. The van der Waals surface area contributed by atoms with Crippen LogP contribution in [0.3, 0.4) is 0 Å². The summed E-state index contributed by atoms with van der Waals surface area (Å²) in [5, 5.41) is 7.68. The molecule has 1 N–H and O–H groups in total. The van der Waals surface area contributed by atoms with Gasteiger partial charge in [-0.15, -0.1) is 24.0 Å². The van der Waals surface area contributed by atoms with Crippen molar-refractivity contribution in [1.82, 2.24) is 20.0 Å². The molecule has 1 aromatic heterocycles. The number of benzene rings is 1. The summed E-state index contributed by atoms with van der Waals surface area (Å²) in [5.41, 5.74) is 2.16. The molecule has 1 atom stereocenters. The Morgan fingerprint density at radius 2 is 2.16 bits per heavy atom. The van der Waals surface area contributed by atoms with E-state index in [1.165, 1.54) is 0 Å². The van der Waals surface area contributed by atoms with Gasteiger partial charge in [0.05, 0.1) is 39.6 Å². The van der Waals surface area contributed by atoms with Crippen LogP contribution in [0.5, 0.6) is 11.5 Å². The molecule has 8 nitrogen and oxygen atoms in total. The summed E-state index contributed by atoms with van der Waals surface area (Å²) >= 11 is 0. The lowest BCUT2D eigenvalue weighted by Gasteiger charge is -2.34. The molecule has 1 aliphatic heterocycles. The molecule has 0 radical (unpaired) electrons. The zero-order chi connectivity index (χ0) is 21.3. The maximum Gasteiger partial charge on any atom is 0.194 e. The van der Waals surface area contributed by atoms with Gasteiger partial charge in [-0.25, -0.2) is 4.99 Å². The second-order valence-electron chi connectivity index (χ2n) is 7.26. The summed E-state index contributed by atoms with van der Waals surface area (Å²) in [6, 6.07) is 5.99. The van der Waals surface area contributed by atoms with Crippen LogP contribution in [0, 0.1) is 0 Å². The SMILES string of the molecule is CCCOc1ccc(CN=C(NCC)N2CCOC(c3cnn(C)c3)C2)cc1OC.I. The lowest BCUT2D eigenvalue weighted by molar-refractivity contribution is -0.00805. The predicted octanol–water partition coefficient (Wildman–Crippen LogP) is 3.37. The van der Waals surface area contributed by atoms with Gasteiger partial charge >= 0.3 is 0 Å². The number of hydrogen-bond donors (Lipinski definition) is 1. The number of nitrogens with one attached hydrogen (secondary N) is 1. The number of aliphatic imine (C=N–C) groups is 1. The minimum Gasteiger partial charge on any atom is -0.493 e. The van der Waals surface area contributed by atoms with Gasteiger partial charge in [0.2, 0.25) is 0 Å². The Kier molecular flexibility index (Phi) is 10.4. The molecule has 0 amide bonds. The Labute approximate surface area is 202 Å². The largest absolute Gasteiger partial charge is 0.493 e. The Morgan fingerprint density at radius 3 is 2.84 bits per heavy atom. The van der Waals surface area contributed by atoms with Crippen molar-refractivity contribution in [2.75, 3.05) is 40.0 Å². The first kappa shape index (κ1) is 25.3. The molecule has 0 bridgehead atoms. The summed E-state index contributed by atoms with van der Waals surface area (Å²) in [6.07, 6.45) is 4.83. The quantitative estimate of drug-likeness (QED) is 0.313. The molecule has 2 heterocycles. The average molecular weight is 543 g/mol. The minimum atomic E-state index is -0.00796. The van der Waals surface area contributed by atoms with E-state index in [0.717, 1.165) is 54.6 Å². The smallest absolute Gasteiger partial charge is 0.194 e. The van der Waals surface area contributed by atoms with Crippen molar-refractivity contribution < 1.29 is 14.2 Å². The fourth-order valence-corrected chi connectivity index (χ4v) is 3.38. The summed E-state index contributed by atoms with van der Waals surface area (Å²) in [6.45, 7) is 8.40. The molecule has 0 aliphatic carbocycles. The van der Waals surface area contributed by atoms with Crippen LogP contribution in [-0.4, -0.2) is 60.6 Å². The van der Waals surface area contributed by atoms with Gasteiger partial charge in [-0.1, -0.05) is 13.0 Å². The van der Waals surface area contributed by atoms with Crippen molar-refractivity contribution in [3.63, 3.8) is 0 Å². The van der Waals surface area contributed by atoms with E-state index in [1.54, 1.807) is 11.8 Å². The van der Waals surface area contributed by atoms with Crippen LogP contribution < -0.4 is 14.8 Å². The average Bonchev–Trinajstić information content (AvgIpc) is 3.22. The molecule has 1 aromatic carbocycles. The van der Waals surface area contributed by atoms with Crippen molar-refractivity contribution in [1.29, 1.82) is 0 Å². The van der Waals surface area contributed by atoms with Gasteiger partial charge in [0.1, 0.15) is 6.10 Å². The molecular formula is C22H34IN5O3. The monoisotopic (exact) mass is 543 g/mol. The maximum absolute atomic E-state index is 5.97. The third-order valence-corrected chi connectivity index (χ3v) is 4.90. The van der Waals surface area contributed by atoms with Crippen LogP contribution in [0.1, 0.15) is 37.5 Å². The summed E-state index contributed by atoms with van der Waals surface area (Å²) in [4.78, 5) is 7.12. The highest BCUT2D eigenvalue weighted by Gasteiger charge is 2.25. The van der Waals surface area contributed by atoms with E-state index in [-0.39, 0.29) is 30.1 Å². The first-order valence-corrected chi connectivity index (χ1v) is 10.6. The number of aryl methyl sites for hydroxylation is 1. The van der Waals surface area contributed by atoms with Crippen LogP contribution >= 0.6 is 24.0 Å². The highest BCUT2D eigenvalue weighted by atomic mass is 127. The topological polar surface area (TPSA) is 73.1 Å². The fourth-order valence-electron chi connectivity index (χ4n) is 3.38. The normalized spacial score (nSPS) is 16.6. The van der Waals surface area contributed by atoms with Gasteiger partial charge in [-0.05, 0) is 31.0 Å². The number of nitrogens with zero attached hydrogens (tertiary/aromatic N) is 4. The van der Waals surface area contributed by atoms with Gasteiger partial charge in [-0.2, -0.15) is 5.10 Å². The molecule has 0 saturated carbocycles. The number of guanidine groups is 1. The Hall–Kier alpha value is -2.01. The molecule has 1 aliphatic rings.